The second-order valence-corrected chi connectivity index (χ2v) is 9.17. The second kappa shape index (κ2) is 9.32. The zero-order valence-electron chi connectivity index (χ0n) is 16.5. The van der Waals surface area contributed by atoms with Gasteiger partial charge in [-0.2, -0.15) is 0 Å². The van der Waals surface area contributed by atoms with E-state index in [0.717, 1.165) is 4.90 Å². The molecule has 0 bridgehead atoms. The van der Waals surface area contributed by atoms with Crippen molar-refractivity contribution >= 4 is 33.4 Å². The molecular weight excluding hydrogens is 423 g/mol. The summed E-state index contributed by atoms with van der Waals surface area (Å²) in [4.78, 5) is 15.1. The van der Waals surface area contributed by atoms with Gasteiger partial charge in [-0.05, 0) is 60.9 Å². The van der Waals surface area contributed by atoms with Crippen molar-refractivity contribution in [3.05, 3.63) is 89.7 Å². The SMILES string of the molecule is CSc1ccc(S(=O)(=O)Nc2ccc(C(=O)N(C)Cc3ccccc3F)cc2)cc1. The van der Waals surface area contributed by atoms with E-state index in [-0.39, 0.29) is 23.2 Å². The number of carbonyl (C=O) groups is 1. The number of nitrogens with zero attached hydrogens (tertiary/aromatic N) is 1. The zero-order chi connectivity index (χ0) is 21.7. The fraction of sp³-hybridized carbons (Fsp3) is 0.136. The Morgan fingerprint density at radius 1 is 1.00 bits per heavy atom. The third-order valence-corrected chi connectivity index (χ3v) is 6.61. The third-order valence-electron chi connectivity index (χ3n) is 4.47. The lowest BCUT2D eigenvalue weighted by Gasteiger charge is -2.18. The van der Waals surface area contributed by atoms with E-state index in [4.69, 9.17) is 0 Å². The van der Waals surface area contributed by atoms with E-state index >= 15 is 0 Å². The van der Waals surface area contributed by atoms with E-state index in [0.29, 0.717) is 16.8 Å². The number of anilines is 1. The van der Waals surface area contributed by atoms with Gasteiger partial charge in [0.2, 0.25) is 0 Å². The predicted molar refractivity (Wildman–Crippen MR) is 118 cm³/mol. The Labute approximate surface area is 180 Å². The lowest BCUT2D eigenvalue weighted by atomic mass is 10.1. The number of amides is 1. The maximum Gasteiger partial charge on any atom is 0.261 e. The first-order valence-electron chi connectivity index (χ1n) is 9.06. The van der Waals surface area contributed by atoms with E-state index < -0.39 is 10.0 Å². The van der Waals surface area contributed by atoms with Gasteiger partial charge in [0.15, 0.2) is 0 Å². The summed E-state index contributed by atoms with van der Waals surface area (Å²) in [7, 11) is -2.14. The molecule has 0 heterocycles. The molecule has 3 aromatic rings. The van der Waals surface area contributed by atoms with Crippen molar-refractivity contribution in [1.29, 1.82) is 0 Å². The highest BCUT2D eigenvalue weighted by Gasteiger charge is 2.16. The molecule has 8 heteroatoms. The Morgan fingerprint density at radius 3 is 2.23 bits per heavy atom. The molecule has 156 valence electrons. The predicted octanol–water partition coefficient (Wildman–Crippen LogP) is 4.62. The van der Waals surface area contributed by atoms with E-state index in [1.165, 1.54) is 47.0 Å². The monoisotopic (exact) mass is 444 g/mol. The Bertz CT molecular complexity index is 1130. The normalized spacial score (nSPS) is 11.2. The fourth-order valence-electron chi connectivity index (χ4n) is 2.82. The summed E-state index contributed by atoms with van der Waals surface area (Å²) in [5.41, 5.74) is 1.14. The van der Waals surface area contributed by atoms with Crippen LogP contribution in [0.5, 0.6) is 0 Å². The van der Waals surface area contributed by atoms with Gasteiger partial charge < -0.3 is 4.90 Å². The molecule has 0 unspecified atom stereocenters. The highest BCUT2D eigenvalue weighted by molar-refractivity contribution is 7.98. The second-order valence-electron chi connectivity index (χ2n) is 6.61. The van der Waals surface area contributed by atoms with Crippen molar-refractivity contribution in [1.82, 2.24) is 4.90 Å². The van der Waals surface area contributed by atoms with Crippen molar-refractivity contribution in [3.8, 4) is 0 Å². The standard InChI is InChI=1S/C22H21FN2O3S2/c1-25(15-17-5-3-4-6-21(17)23)22(26)16-7-9-18(10-8-16)24-30(27,28)20-13-11-19(29-2)12-14-20/h3-14,24H,15H2,1-2H3. The van der Waals surface area contributed by atoms with Gasteiger partial charge in [-0.3, -0.25) is 9.52 Å². The fourth-order valence-corrected chi connectivity index (χ4v) is 4.29. The van der Waals surface area contributed by atoms with Crippen LogP contribution in [0, 0.1) is 5.82 Å². The number of rotatable bonds is 7. The number of benzene rings is 3. The summed E-state index contributed by atoms with van der Waals surface area (Å²) in [5, 5.41) is 0. The van der Waals surface area contributed by atoms with Gasteiger partial charge >= 0.3 is 0 Å². The van der Waals surface area contributed by atoms with E-state index in [2.05, 4.69) is 4.72 Å². The Balaban J connectivity index is 1.69. The summed E-state index contributed by atoms with van der Waals surface area (Å²) in [6.07, 6.45) is 1.92. The Hall–Kier alpha value is -2.84. The van der Waals surface area contributed by atoms with Gasteiger partial charge in [0.05, 0.1) is 4.90 Å². The molecule has 0 fully saturated rings. The molecule has 0 saturated carbocycles. The quantitative estimate of drug-likeness (QED) is 0.540. The minimum atomic E-state index is -3.73. The number of carbonyl (C=O) groups excluding carboxylic acids is 1. The minimum absolute atomic E-state index is 0.131. The highest BCUT2D eigenvalue weighted by Crippen LogP contribution is 2.21. The average Bonchev–Trinajstić information content (AvgIpc) is 2.75. The van der Waals surface area contributed by atoms with Gasteiger partial charge in [-0.1, -0.05) is 18.2 Å². The smallest absolute Gasteiger partial charge is 0.261 e. The maximum absolute atomic E-state index is 13.8. The van der Waals surface area contributed by atoms with Crippen LogP contribution in [0.15, 0.2) is 82.6 Å². The molecule has 0 aliphatic heterocycles. The highest BCUT2D eigenvalue weighted by atomic mass is 32.2. The molecule has 5 nitrogen and oxygen atoms in total. The van der Waals surface area contributed by atoms with E-state index in [9.17, 15) is 17.6 Å². The summed E-state index contributed by atoms with van der Waals surface area (Å²) >= 11 is 1.53. The molecular formula is C22H21FN2O3S2. The molecule has 0 atom stereocenters. The molecule has 3 rings (SSSR count). The van der Waals surface area contributed by atoms with Gasteiger partial charge in [0.25, 0.3) is 15.9 Å². The van der Waals surface area contributed by atoms with Crippen molar-refractivity contribution in [2.24, 2.45) is 0 Å². The van der Waals surface area contributed by atoms with Gasteiger partial charge in [0, 0.05) is 35.3 Å². The first-order valence-corrected chi connectivity index (χ1v) is 11.8. The molecule has 30 heavy (non-hydrogen) atoms. The molecule has 0 aliphatic rings. The van der Waals surface area contributed by atoms with Gasteiger partial charge in [0.1, 0.15) is 5.82 Å². The number of halogens is 1. The molecule has 0 spiro atoms. The summed E-state index contributed by atoms with van der Waals surface area (Å²) in [6.45, 7) is 0.131. The molecule has 0 radical (unpaired) electrons. The number of nitrogens with one attached hydrogen (secondary N) is 1. The first kappa shape index (κ1) is 21.9. The van der Waals surface area contributed by atoms with Crippen LogP contribution < -0.4 is 4.72 Å². The van der Waals surface area contributed by atoms with Crippen molar-refractivity contribution < 1.29 is 17.6 Å². The van der Waals surface area contributed by atoms with Crippen LogP contribution in [0.2, 0.25) is 0 Å². The number of hydrogen-bond acceptors (Lipinski definition) is 4. The number of thioether (sulfide) groups is 1. The van der Waals surface area contributed by atoms with Crippen LogP contribution in [-0.4, -0.2) is 32.5 Å². The summed E-state index contributed by atoms with van der Waals surface area (Å²) in [5.74, 6) is -0.659. The van der Waals surface area contributed by atoms with E-state index in [1.54, 1.807) is 49.5 Å². The molecule has 0 aromatic heterocycles. The first-order chi connectivity index (χ1) is 14.3. The van der Waals surface area contributed by atoms with Crippen LogP contribution >= 0.6 is 11.8 Å². The van der Waals surface area contributed by atoms with Crippen LogP contribution in [0.1, 0.15) is 15.9 Å². The van der Waals surface area contributed by atoms with Crippen LogP contribution in [0.4, 0.5) is 10.1 Å². The average molecular weight is 445 g/mol. The third kappa shape index (κ3) is 5.20. The van der Waals surface area contributed by atoms with Crippen LogP contribution in [-0.2, 0) is 16.6 Å². The van der Waals surface area contributed by atoms with Crippen molar-refractivity contribution in [2.75, 3.05) is 18.0 Å². The Morgan fingerprint density at radius 2 is 1.63 bits per heavy atom. The molecule has 1 amide bonds. The largest absolute Gasteiger partial charge is 0.337 e. The molecule has 0 aliphatic carbocycles. The van der Waals surface area contributed by atoms with Gasteiger partial charge in [-0.25, -0.2) is 12.8 Å². The van der Waals surface area contributed by atoms with Crippen LogP contribution in [0.3, 0.4) is 0 Å². The van der Waals surface area contributed by atoms with E-state index in [1.807, 2.05) is 6.26 Å². The molecule has 0 saturated heterocycles. The summed E-state index contributed by atoms with van der Waals surface area (Å²) < 4.78 is 41.4. The molecule has 1 N–H and O–H groups in total. The zero-order valence-corrected chi connectivity index (χ0v) is 18.1. The minimum Gasteiger partial charge on any atom is -0.337 e. The molecule has 3 aromatic carbocycles. The number of sulfonamides is 1. The lowest BCUT2D eigenvalue weighted by molar-refractivity contribution is 0.0784. The maximum atomic E-state index is 13.8. The lowest BCUT2D eigenvalue weighted by Crippen LogP contribution is -2.26. The van der Waals surface area contributed by atoms with Gasteiger partial charge in [-0.15, -0.1) is 11.8 Å². The Kier molecular flexibility index (Phi) is 6.79. The van der Waals surface area contributed by atoms with Crippen LogP contribution in [0.25, 0.3) is 0 Å². The van der Waals surface area contributed by atoms with Crippen molar-refractivity contribution in [3.63, 3.8) is 0 Å². The summed E-state index contributed by atoms with van der Waals surface area (Å²) in [6, 6.07) is 19.0. The number of hydrogen-bond donors (Lipinski definition) is 1. The van der Waals surface area contributed by atoms with Crippen molar-refractivity contribution in [2.45, 2.75) is 16.3 Å². The topological polar surface area (TPSA) is 66.5 Å².